The molecule has 14 rings (SSSR count). The smallest absolute Gasteiger partial charge is 0.241 e. The van der Waals surface area contributed by atoms with Gasteiger partial charge in [0.25, 0.3) is 0 Å². The number of anilines is 4. The molecule has 1 aliphatic rings. The third kappa shape index (κ3) is 6.91. The Morgan fingerprint density at radius 2 is 0.973 bits per heavy atom. The summed E-state index contributed by atoms with van der Waals surface area (Å²) in [7, 11) is 0. The Hall–Kier alpha value is -9.35. The van der Waals surface area contributed by atoms with Crippen LogP contribution in [-0.2, 0) is 5.41 Å². The van der Waals surface area contributed by atoms with Crippen LogP contribution in [0.15, 0.2) is 176 Å². The fraction of sp³-hybridized carbons (Fsp3) is 0.141. The van der Waals surface area contributed by atoms with Crippen LogP contribution in [0.2, 0.25) is 0 Å². The predicted octanol–water partition coefficient (Wildman–Crippen LogP) is 15.5. The predicted molar refractivity (Wildman–Crippen MR) is 305 cm³/mol. The number of aryl methyl sites for hydroxylation is 4. The van der Waals surface area contributed by atoms with Gasteiger partial charge in [0.05, 0.1) is 38.8 Å². The number of pyridine rings is 2. The molecule has 11 heteroatoms. The largest absolute Gasteiger partial charge is 0.457 e. The lowest BCUT2D eigenvalue weighted by Gasteiger charge is -2.22. The quantitative estimate of drug-likeness (QED) is 0.156. The fourth-order valence-corrected chi connectivity index (χ4v) is 11.6. The zero-order valence-electron chi connectivity index (χ0n) is 42.8. The van der Waals surface area contributed by atoms with Crippen molar-refractivity contribution in [3.05, 3.63) is 204 Å². The van der Waals surface area contributed by atoms with E-state index in [2.05, 4.69) is 218 Å². The van der Waals surface area contributed by atoms with Crippen molar-refractivity contribution < 1.29 is 4.74 Å². The van der Waals surface area contributed by atoms with Crippen molar-refractivity contribution in [2.75, 3.05) is 16.5 Å². The Morgan fingerprint density at radius 3 is 1.59 bits per heavy atom. The number of hydrogen-bond acceptors (Lipinski definition) is 8. The molecule has 7 aromatic carbocycles. The minimum atomic E-state index is -0.0346. The van der Waals surface area contributed by atoms with E-state index in [0.717, 1.165) is 111 Å². The minimum absolute atomic E-state index is 0.0346. The molecule has 75 heavy (non-hydrogen) atoms. The fourth-order valence-electron chi connectivity index (χ4n) is 11.6. The molecule has 0 N–H and O–H groups in total. The molecule has 0 aliphatic carbocycles. The summed E-state index contributed by atoms with van der Waals surface area (Å²) in [5.41, 5.74) is 13.8. The van der Waals surface area contributed by atoms with Crippen molar-refractivity contribution in [3.8, 4) is 29.2 Å². The second kappa shape index (κ2) is 16.6. The van der Waals surface area contributed by atoms with Crippen molar-refractivity contribution in [1.82, 2.24) is 38.6 Å². The summed E-state index contributed by atoms with van der Waals surface area (Å²) in [4.78, 5) is 30.8. The van der Waals surface area contributed by atoms with E-state index >= 15 is 0 Å². The number of hydrogen-bond donors (Lipinski definition) is 0. The first-order valence-electron chi connectivity index (χ1n) is 25.5. The van der Waals surface area contributed by atoms with Crippen LogP contribution in [0.4, 0.5) is 23.1 Å². The zero-order chi connectivity index (χ0) is 50.9. The Labute approximate surface area is 433 Å². The highest BCUT2D eigenvalue weighted by Gasteiger charge is 2.33. The van der Waals surface area contributed by atoms with Gasteiger partial charge in [0.15, 0.2) is 5.82 Å². The van der Waals surface area contributed by atoms with Crippen molar-refractivity contribution in [3.63, 3.8) is 0 Å². The average molecular weight is 977 g/mol. The Balaban J connectivity index is 0.905. The Bertz CT molecular complexity index is 4240. The highest BCUT2D eigenvalue weighted by molar-refractivity contribution is 6.13. The van der Waals surface area contributed by atoms with Gasteiger partial charge in [-0.3, -0.25) is 18.6 Å². The number of rotatable bonds is 7. The van der Waals surface area contributed by atoms with Crippen LogP contribution in [0.25, 0.3) is 83.1 Å². The summed E-state index contributed by atoms with van der Waals surface area (Å²) < 4.78 is 13.5. The number of nitrogens with zero attached hydrogens (tertiary/aromatic N) is 10. The van der Waals surface area contributed by atoms with Crippen LogP contribution < -0.4 is 14.5 Å². The maximum Gasteiger partial charge on any atom is 0.241 e. The average Bonchev–Trinajstić information content (AvgIpc) is 4.17. The molecule has 0 saturated heterocycles. The van der Waals surface area contributed by atoms with Gasteiger partial charge in [-0.05, 0) is 116 Å². The van der Waals surface area contributed by atoms with Crippen LogP contribution in [0, 0.1) is 27.7 Å². The SMILES string of the molecule is Cc1cccc2c3cccc(C)c3n(-c3nc(N4CN(c5cccc(Oc6ccc7c8ccccc8n(-c8cc(C(C)(C)C)ccn8)c7c6)c5)c5ncccc54)nc(-n4c5c(C)cccc5c5cccc(C)c54)n3)c12. The van der Waals surface area contributed by atoms with Crippen LogP contribution in [0.5, 0.6) is 11.5 Å². The molecule has 13 aromatic rings. The van der Waals surface area contributed by atoms with E-state index in [1.54, 1.807) is 0 Å². The van der Waals surface area contributed by atoms with E-state index < -0.39 is 0 Å². The standard InChI is InChI=1S/C64H52N10O/c1-38-16-10-23-48-49-24-11-17-39(2)57(49)73(56(38)48)62-67-61(68-63(69-62)74-58-40(3)18-12-25-50(58)51-26-13-19-41(4)59(51)74)71-37-70(60-53(71)28-15-32-66-60)43-20-14-21-44(35-43)75-45-29-30-47-46-22-8-9-27-52(46)72(54(47)36-45)55-34-42(31-33-65-55)64(5,6)7/h8-36H,37H2,1-7H3. The molecule has 0 saturated carbocycles. The van der Waals surface area contributed by atoms with Crippen LogP contribution in [-0.4, -0.2) is 45.3 Å². The van der Waals surface area contributed by atoms with E-state index in [0.29, 0.717) is 36.0 Å². The number of ether oxygens (including phenoxy) is 1. The van der Waals surface area contributed by atoms with Gasteiger partial charge < -0.3 is 9.64 Å². The molecular weight excluding hydrogens is 925 g/mol. The number of fused-ring (bicyclic) bond motifs is 10. The summed E-state index contributed by atoms with van der Waals surface area (Å²) in [6, 6.07) is 57.4. The van der Waals surface area contributed by atoms with Gasteiger partial charge in [-0.15, -0.1) is 0 Å². The van der Waals surface area contributed by atoms with Crippen molar-refractivity contribution in [1.29, 1.82) is 0 Å². The monoisotopic (exact) mass is 976 g/mol. The first-order valence-corrected chi connectivity index (χ1v) is 25.5. The lowest BCUT2D eigenvalue weighted by atomic mass is 9.88. The Kier molecular flexibility index (Phi) is 9.81. The van der Waals surface area contributed by atoms with E-state index in [1.807, 2.05) is 30.6 Å². The maximum atomic E-state index is 6.81. The van der Waals surface area contributed by atoms with Gasteiger partial charge in [0.2, 0.25) is 17.8 Å². The molecular formula is C64H52N10O. The van der Waals surface area contributed by atoms with E-state index in [9.17, 15) is 0 Å². The molecule has 1 aliphatic heterocycles. The zero-order valence-corrected chi connectivity index (χ0v) is 42.8. The molecule has 11 nitrogen and oxygen atoms in total. The van der Waals surface area contributed by atoms with Crippen LogP contribution in [0.1, 0.15) is 48.6 Å². The van der Waals surface area contributed by atoms with Gasteiger partial charge in [-0.2, -0.15) is 15.0 Å². The summed E-state index contributed by atoms with van der Waals surface area (Å²) in [5.74, 6) is 4.62. The highest BCUT2D eigenvalue weighted by Crippen LogP contribution is 2.45. The topological polar surface area (TPSA) is 95.0 Å². The molecule has 0 fully saturated rings. The van der Waals surface area contributed by atoms with Crippen LogP contribution in [0.3, 0.4) is 0 Å². The molecule has 7 heterocycles. The second-order valence-electron chi connectivity index (χ2n) is 20.9. The van der Waals surface area contributed by atoms with Crippen molar-refractivity contribution >= 4 is 88.6 Å². The highest BCUT2D eigenvalue weighted by atomic mass is 16.5. The number of benzene rings is 7. The molecule has 6 aromatic heterocycles. The third-order valence-corrected chi connectivity index (χ3v) is 15.1. The van der Waals surface area contributed by atoms with Crippen molar-refractivity contribution in [2.24, 2.45) is 0 Å². The first kappa shape index (κ1) is 44.4. The van der Waals surface area contributed by atoms with E-state index in [-0.39, 0.29) is 5.41 Å². The molecule has 364 valence electrons. The Morgan fingerprint density at radius 1 is 0.427 bits per heavy atom. The third-order valence-electron chi connectivity index (χ3n) is 15.1. The van der Waals surface area contributed by atoms with Gasteiger partial charge in [-0.25, -0.2) is 9.97 Å². The summed E-state index contributed by atoms with van der Waals surface area (Å²) >= 11 is 0. The first-order chi connectivity index (χ1) is 36.5. The molecule has 0 bridgehead atoms. The van der Waals surface area contributed by atoms with Gasteiger partial charge in [0, 0.05) is 62.5 Å². The summed E-state index contributed by atoms with van der Waals surface area (Å²) in [5, 5.41) is 6.88. The van der Waals surface area contributed by atoms with Crippen LogP contribution >= 0.6 is 0 Å². The molecule has 0 spiro atoms. The van der Waals surface area contributed by atoms with E-state index in [1.165, 1.54) is 5.56 Å². The number of aromatic nitrogens is 8. The molecule has 0 atom stereocenters. The summed E-state index contributed by atoms with van der Waals surface area (Å²) in [6.07, 6.45) is 3.75. The lowest BCUT2D eigenvalue weighted by molar-refractivity contribution is 0.483. The maximum absolute atomic E-state index is 6.81. The molecule has 0 unspecified atom stereocenters. The van der Waals surface area contributed by atoms with Crippen molar-refractivity contribution in [2.45, 2.75) is 53.9 Å². The van der Waals surface area contributed by atoms with Gasteiger partial charge in [-0.1, -0.05) is 118 Å². The summed E-state index contributed by atoms with van der Waals surface area (Å²) in [6.45, 7) is 15.7. The van der Waals surface area contributed by atoms with E-state index in [4.69, 9.17) is 29.7 Å². The molecule has 0 amide bonds. The minimum Gasteiger partial charge on any atom is -0.457 e. The van der Waals surface area contributed by atoms with Gasteiger partial charge >= 0.3 is 0 Å². The normalized spacial score (nSPS) is 12.9. The van der Waals surface area contributed by atoms with Gasteiger partial charge in [0.1, 0.15) is 24.0 Å². The molecule has 0 radical (unpaired) electrons. The second-order valence-corrected chi connectivity index (χ2v) is 20.9. The lowest BCUT2D eigenvalue weighted by Crippen LogP contribution is -2.26. The number of para-hydroxylation sites is 5.